The van der Waals surface area contributed by atoms with Crippen LogP contribution in [0, 0.1) is 0 Å². The van der Waals surface area contributed by atoms with Crippen LogP contribution in [-0.2, 0) is 5.41 Å². The highest BCUT2D eigenvalue weighted by Gasteiger charge is 2.47. The van der Waals surface area contributed by atoms with Crippen LogP contribution in [0.3, 0.4) is 0 Å². The summed E-state index contributed by atoms with van der Waals surface area (Å²) in [7, 11) is 0. The smallest absolute Gasteiger partial charge is 0.0727 e. The van der Waals surface area contributed by atoms with Crippen molar-refractivity contribution in [2.75, 3.05) is 4.90 Å². The molecular formula is C49H33NS. The molecule has 0 saturated heterocycles. The third-order valence-electron chi connectivity index (χ3n) is 10.2. The van der Waals surface area contributed by atoms with E-state index in [9.17, 15) is 2.74 Å². The topological polar surface area (TPSA) is 3.24 Å². The minimum absolute atomic E-state index is 0.203. The first-order valence-corrected chi connectivity index (χ1v) is 17.9. The maximum atomic E-state index is 9.51. The van der Waals surface area contributed by atoms with Crippen molar-refractivity contribution in [3.05, 3.63) is 222 Å². The van der Waals surface area contributed by atoms with E-state index in [4.69, 9.17) is 4.11 Å². The molecule has 1 heterocycles. The van der Waals surface area contributed by atoms with E-state index in [0.29, 0.717) is 0 Å². The van der Waals surface area contributed by atoms with Crippen LogP contribution in [0.1, 0.15) is 29.1 Å². The predicted octanol–water partition coefficient (Wildman–Crippen LogP) is 13.6. The van der Waals surface area contributed by atoms with E-state index in [1.165, 1.54) is 0 Å². The maximum absolute atomic E-state index is 9.51. The summed E-state index contributed by atoms with van der Waals surface area (Å²) in [6.45, 7) is 0. The summed E-state index contributed by atoms with van der Waals surface area (Å²) < 4.78 is 47.6. The highest BCUT2D eigenvalue weighted by molar-refractivity contribution is 7.26. The number of nitrogens with zero attached hydrogens (tertiary/aromatic N) is 1. The average molecular weight is 673 g/mol. The van der Waals surface area contributed by atoms with Gasteiger partial charge in [0.15, 0.2) is 0 Å². The molecule has 8 aromatic carbocycles. The van der Waals surface area contributed by atoms with Crippen LogP contribution >= 0.6 is 11.3 Å². The summed E-state index contributed by atoms with van der Waals surface area (Å²) in [5.41, 5.74) is 8.79. The Bertz CT molecular complexity index is 2950. The van der Waals surface area contributed by atoms with Crippen LogP contribution in [0.4, 0.5) is 17.1 Å². The Morgan fingerprint density at radius 3 is 1.88 bits per heavy atom. The molecule has 0 radical (unpaired) electrons. The van der Waals surface area contributed by atoms with Gasteiger partial charge in [0.2, 0.25) is 0 Å². The van der Waals surface area contributed by atoms with Crippen molar-refractivity contribution in [2.24, 2.45) is 0 Å². The maximum Gasteiger partial charge on any atom is 0.0727 e. The van der Waals surface area contributed by atoms with Gasteiger partial charge in [0.05, 0.1) is 12.3 Å². The molecule has 2 heteroatoms. The first-order chi connectivity index (χ1) is 27.4. The molecular weight excluding hydrogens is 635 g/mol. The monoisotopic (exact) mass is 672 g/mol. The lowest BCUT2D eigenvalue weighted by atomic mass is 9.67. The van der Waals surface area contributed by atoms with E-state index >= 15 is 0 Å². The molecule has 0 spiro atoms. The first kappa shape index (κ1) is 24.8. The van der Waals surface area contributed by atoms with Crippen molar-refractivity contribution >= 4 is 48.6 Å². The zero-order chi connectivity index (χ0) is 38.1. The lowest BCUT2D eigenvalue weighted by Crippen LogP contribution is -2.28. The summed E-state index contributed by atoms with van der Waals surface area (Å²) in [6, 6.07) is 56.9. The van der Waals surface area contributed by atoms with Gasteiger partial charge < -0.3 is 4.90 Å². The third-order valence-corrected chi connectivity index (χ3v) is 11.4. The van der Waals surface area contributed by atoms with Crippen molar-refractivity contribution in [2.45, 2.75) is 5.41 Å². The van der Waals surface area contributed by atoms with E-state index in [1.807, 2.05) is 66.7 Å². The van der Waals surface area contributed by atoms with Gasteiger partial charge in [-0.25, -0.2) is 0 Å². The van der Waals surface area contributed by atoms with Crippen molar-refractivity contribution in [3.8, 4) is 22.3 Å². The number of benzene rings is 8. The number of thiophene rings is 1. The molecule has 1 unspecified atom stereocenters. The number of fused-ring (bicyclic) bond motifs is 6. The molecule has 10 rings (SSSR count). The Morgan fingerprint density at radius 1 is 0.451 bits per heavy atom. The van der Waals surface area contributed by atoms with Gasteiger partial charge in [-0.2, -0.15) is 0 Å². The van der Waals surface area contributed by atoms with Gasteiger partial charge in [0, 0.05) is 37.2 Å². The second-order valence-electron chi connectivity index (χ2n) is 12.9. The highest BCUT2D eigenvalue weighted by atomic mass is 32.1. The fourth-order valence-corrected chi connectivity index (χ4v) is 9.32. The van der Waals surface area contributed by atoms with E-state index in [2.05, 4.69) is 108 Å². The molecule has 0 amide bonds. The second kappa shape index (κ2) is 12.0. The number of hydrogen-bond donors (Lipinski definition) is 0. The van der Waals surface area contributed by atoms with Crippen LogP contribution in [-0.4, -0.2) is 0 Å². The van der Waals surface area contributed by atoms with Crippen molar-refractivity contribution in [1.82, 2.24) is 0 Å². The molecule has 0 saturated carbocycles. The summed E-state index contributed by atoms with van der Waals surface area (Å²) >= 11 is 1.68. The van der Waals surface area contributed by atoms with Crippen LogP contribution in [0.15, 0.2) is 200 Å². The second-order valence-corrected chi connectivity index (χ2v) is 13.9. The van der Waals surface area contributed by atoms with Crippen molar-refractivity contribution in [3.63, 3.8) is 0 Å². The van der Waals surface area contributed by atoms with Crippen molar-refractivity contribution in [1.29, 1.82) is 0 Å². The highest BCUT2D eigenvalue weighted by Crippen LogP contribution is 2.59. The number of anilines is 3. The third kappa shape index (κ3) is 4.61. The van der Waals surface area contributed by atoms with Crippen molar-refractivity contribution < 1.29 is 6.85 Å². The number of hydrogen-bond acceptors (Lipinski definition) is 2. The Labute approximate surface area is 309 Å². The molecule has 1 atom stereocenters. The molecule has 1 aromatic heterocycles. The number of rotatable bonds is 6. The Balaban J connectivity index is 1.27. The lowest BCUT2D eigenvalue weighted by molar-refractivity contribution is 0.778. The van der Waals surface area contributed by atoms with Gasteiger partial charge in [0.1, 0.15) is 0 Å². The summed E-state index contributed by atoms with van der Waals surface area (Å²) in [5, 5.41) is 2.20. The minimum Gasteiger partial charge on any atom is -0.310 e. The standard InChI is InChI=1S/C49H33NS/c1-4-15-34(16-5-1)35-27-29-38(30-28-35)50(37-19-8-3-9-20-37)39-31-32-45-43(33-39)40-21-10-12-24-44(40)49(45,36-17-6-2-7-18-36)46-25-14-23-42-41-22-11-13-26-47(41)51-48(42)46/h1-33H/i2D,6D,7D,17D,18D. The molecule has 1 aliphatic rings. The summed E-state index contributed by atoms with van der Waals surface area (Å²) in [5.74, 6) is 0. The fourth-order valence-electron chi connectivity index (χ4n) is 8.04. The summed E-state index contributed by atoms with van der Waals surface area (Å²) in [4.78, 5) is 2.24. The zero-order valence-corrected chi connectivity index (χ0v) is 28.3. The normalized spacial score (nSPS) is 16.1. The molecule has 1 nitrogen and oxygen atoms in total. The van der Waals surface area contributed by atoms with Crippen LogP contribution in [0.5, 0.6) is 0 Å². The quantitative estimate of drug-likeness (QED) is 0.170. The Kier molecular flexibility index (Phi) is 5.84. The molecule has 0 aliphatic heterocycles. The molecule has 0 N–H and O–H groups in total. The fraction of sp³-hybridized carbons (Fsp3) is 0.0204. The van der Waals surface area contributed by atoms with Crippen LogP contribution in [0.2, 0.25) is 0 Å². The van der Waals surface area contributed by atoms with Crippen LogP contribution < -0.4 is 4.90 Å². The molecule has 240 valence electrons. The van der Waals surface area contributed by atoms with Gasteiger partial charge in [-0.15, -0.1) is 11.3 Å². The molecule has 0 bridgehead atoms. The lowest BCUT2D eigenvalue weighted by Gasteiger charge is -2.34. The number of para-hydroxylation sites is 1. The van der Waals surface area contributed by atoms with E-state index < -0.39 is 11.5 Å². The molecule has 9 aromatic rings. The molecule has 1 aliphatic carbocycles. The first-order valence-electron chi connectivity index (χ1n) is 19.6. The Morgan fingerprint density at radius 2 is 1.06 bits per heavy atom. The largest absolute Gasteiger partial charge is 0.310 e. The predicted molar refractivity (Wildman–Crippen MR) is 217 cm³/mol. The van der Waals surface area contributed by atoms with Gasteiger partial charge in [-0.1, -0.05) is 158 Å². The molecule has 51 heavy (non-hydrogen) atoms. The van der Waals surface area contributed by atoms with Gasteiger partial charge in [0.25, 0.3) is 0 Å². The van der Waals surface area contributed by atoms with Gasteiger partial charge >= 0.3 is 0 Å². The molecule has 0 fully saturated rings. The SMILES string of the molecule is [2H]c1c([2H])c([2H])c(C2(c3cccc4c3sc3ccccc34)c3ccccc3-c3cc(N(c4ccccc4)c4ccc(-c5ccccc5)cc4)ccc32)c([2H])c1[2H]. The van der Waals surface area contributed by atoms with E-state index in [-0.39, 0.29) is 29.7 Å². The minimum atomic E-state index is -1.23. The van der Waals surface area contributed by atoms with E-state index in [0.717, 1.165) is 76.2 Å². The van der Waals surface area contributed by atoms with E-state index in [1.54, 1.807) is 11.3 Å². The summed E-state index contributed by atoms with van der Waals surface area (Å²) in [6.07, 6.45) is 0. The van der Waals surface area contributed by atoms with Gasteiger partial charge in [-0.05, 0) is 87.0 Å². The average Bonchev–Trinajstić information content (AvgIpc) is 3.77. The zero-order valence-electron chi connectivity index (χ0n) is 32.5. The Hall–Kier alpha value is -6.22. The van der Waals surface area contributed by atoms with Gasteiger partial charge in [-0.3, -0.25) is 0 Å². The van der Waals surface area contributed by atoms with Crippen LogP contribution in [0.25, 0.3) is 42.4 Å².